The number of alkyl halides is 3. The van der Waals surface area contributed by atoms with E-state index in [0.29, 0.717) is 17.9 Å². The molecule has 0 aliphatic heterocycles. The van der Waals surface area contributed by atoms with Crippen LogP contribution in [0.15, 0.2) is 78.9 Å². The van der Waals surface area contributed by atoms with Crippen LogP contribution in [0.1, 0.15) is 11.1 Å². The molecule has 0 N–H and O–H groups in total. The standard InChI is InChI=1S/C21H15F3N2/c22-21(23,24)17-12-10-16(11-13-17)20-25-18-8-4-5-9-19(18)26(20)14-15-6-2-1-3-7-15/h1-13H,14H2. The number of para-hydroxylation sites is 2. The fourth-order valence-corrected chi connectivity index (χ4v) is 3.03. The van der Waals surface area contributed by atoms with Crippen molar-refractivity contribution in [3.63, 3.8) is 0 Å². The van der Waals surface area contributed by atoms with E-state index >= 15 is 0 Å². The highest BCUT2D eigenvalue weighted by Crippen LogP contribution is 2.32. The van der Waals surface area contributed by atoms with Gasteiger partial charge >= 0.3 is 6.18 Å². The summed E-state index contributed by atoms with van der Waals surface area (Å²) in [5, 5.41) is 0. The summed E-state index contributed by atoms with van der Waals surface area (Å²) in [6, 6.07) is 22.8. The van der Waals surface area contributed by atoms with Crippen LogP contribution in [0.4, 0.5) is 13.2 Å². The van der Waals surface area contributed by atoms with Crippen molar-refractivity contribution in [3.8, 4) is 11.4 Å². The van der Waals surface area contributed by atoms with Gasteiger partial charge in [-0.3, -0.25) is 0 Å². The van der Waals surface area contributed by atoms with Gasteiger partial charge in [-0.2, -0.15) is 13.2 Å². The topological polar surface area (TPSA) is 17.8 Å². The van der Waals surface area contributed by atoms with Gasteiger partial charge in [-0.15, -0.1) is 0 Å². The van der Waals surface area contributed by atoms with E-state index in [-0.39, 0.29) is 0 Å². The first-order valence-corrected chi connectivity index (χ1v) is 8.19. The molecule has 1 aromatic heterocycles. The molecule has 26 heavy (non-hydrogen) atoms. The first-order chi connectivity index (χ1) is 12.5. The van der Waals surface area contributed by atoms with Gasteiger partial charge in [0, 0.05) is 12.1 Å². The van der Waals surface area contributed by atoms with Crippen LogP contribution in [-0.2, 0) is 12.7 Å². The van der Waals surface area contributed by atoms with Crippen LogP contribution in [0.5, 0.6) is 0 Å². The molecule has 0 radical (unpaired) electrons. The van der Waals surface area contributed by atoms with Gasteiger partial charge < -0.3 is 4.57 Å². The second kappa shape index (κ2) is 6.33. The highest BCUT2D eigenvalue weighted by atomic mass is 19.4. The Bertz CT molecular complexity index is 1030. The summed E-state index contributed by atoms with van der Waals surface area (Å²) in [5.41, 5.74) is 2.87. The van der Waals surface area contributed by atoms with Crippen LogP contribution in [0, 0.1) is 0 Å². The monoisotopic (exact) mass is 352 g/mol. The molecule has 5 heteroatoms. The molecule has 1 heterocycles. The minimum absolute atomic E-state index is 0.595. The van der Waals surface area contributed by atoms with Gasteiger partial charge in [-0.05, 0) is 29.8 Å². The highest BCUT2D eigenvalue weighted by Gasteiger charge is 2.30. The maximum atomic E-state index is 12.8. The molecule has 0 atom stereocenters. The molecule has 4 rings (SSSR count). The Morgan fingerprint density at radius 3 is 2.12 bits per heavy atom. The van der Waals surface area contributed by atoms with Crippen LogP contribution < -0.4 is 0 Å². The van der Waals surface area contributed by atoms with Crippen molar-refractivity contribution in [1.82, 2.24) is 9.55 Å². The Hall–Kier alpha value is -3.08. The van der Waals surface area contributed by atoms with E-state index in [0.717, 1.165) is 28.7 Å². The van der Waals surface area contributed by atoms with E-state index in [1.807, 2.05) is 59.2 Å². The lowest BCUT2D eigenvalue weighted by atomic mass is 10.1. The summed E-state index contributed by atoms with van der Waals surface area (Å²) in [6.07, 6.45) is -4.34. The summed E-state index contributed by atoms with van der Waals surface area (Å²) >= 11 is 0. The number of aromatic nitrogens is 2. The van der Waals surface area contributed by atoms with E-state index in [1.165, 1.54) is 12.1 Å². The van der Waals surface area contributed by atoms with Gasteiger partial charge in [0.15, 0.2) is 0 Å². The van der Waals surface area contributed by atoms with Crippen LogP contribution in [-0.4, -0.2) is 9.55 Å². The van der Waals surface area contributed by atoms with Crippen molar-refractivity contribution < 1.29 is 13.2 Å². The number of imidazole rings is 1. The van der Waals surface area contributed by atoms with Gasteiger partial charge in [0.1, 0.15) is 5.82 Å². The fraction of sp³-hybridized carbons (Fsp3) is 0.0952. The zero-order valence-corrected chi connectivity index (χ0v) is 13.7. The molecule has 0 unspecified atom stereocenters. The molecule has 4 aromatic rings. The third-order valence-electron chi connectivity index (χ3n) is 4.31. The van der Waals surface area contributed by atoms with E-state index < -0.39 is 11.7 Å². The lowest BCUT2D eigenvalue weighted by Gasteiger charge is -2.11. The number of halogens is 3. The third kappa shape index (κ3) is 3.08. The number of rotatable bonds is 3. The normalized spacial score (nSPS) is 11.8. The van der Waals surface area contributed by atoms with Crippen molar-refractivity contribution in [1.29, 1.82) is 0 Å². The van der Waals surface area contributed by atoms with Crippen molar-refractivity contribution in [3.05, 3.63) is 90.0 Å². The summed E-state index contributed by atoms with van der Waals surface area (Å²) in [4.78, 5) is 4.65. The van der Waals surface area contributed by atoms with Crippen LogP contribution in [0.25, 0.3) is 22.4 Å². The predicted molar refractivity (Wildman–Crippen MR) is 95.7 cm³/mol. The minimum atomic E-state index is -4.34. The largest absolute Gasteiger partial charge is 0.416 e. The second-order valence-corrected chi connectivity index (χ2v) is 6.07. The molecule has 0 spiro atoms. The molecule has 0 bridgehead atoms. The molecule has 3 aromatic carbocycles. The van der Waals surface area contributed by atoms with Crippen molar-refractivity contribution in [2.75, 3.05) is 0 Å². The molecule has 0 amide bonds. The Morgan fingerprint density at radius 2 is 1.42 bits per heavy atom. The van der Waals surface area contributed by atoms with Crippen molar-refractivity contribution in [2.45, 2.75) is 12.7 Å². The Morgan fingerprint density at radius 1 is 0.769 bits per heavy atom. The fourth-order valence-electron chi connectivity index (χ4n) is 3.03. The van der Waals surface area contributed by atoms with E-state index in [4.69, 9.17) is 0 Å². The van der Waals surface area contributed by atoms with E-state index in [9.17, 15) is 13.2 Å². The molecule has 0 saturated heterocycles. The minimum Gasteiger partial charge on any atom is -0.319 e. The van der Waals surface area contributed by atoms with Gasteiger partial charge in [-0.25, -0.2) is 4.98 Å². The molecular formula is C21H15F3N2. The highest BCUT2D eigenvalue weighted by molar-refractivity contribution is 5.80. The summed E-state index contributed by atoms with van der Waals surface area (Å²) in [5.74, 6) is 0.656. The predicted octanol–water partition coefficient (Wildman–Crippen LogP) is 5.77. The number of nitrogens with zero attached hydrogens (tertiary/aromatic N) is 2. The first kappa shape index (κ1) is 16.4. The average molecular weight is 352 g/mol. The molecule has 130 valence electrons. The van der Waals surface area contributed by atoms with Gasteiger partial charge in [-0.1, -0.05) is 54.6 Å². The number of benzene rings is 3. The second-order valence-electron chi connectivity index (χ2n) is 6.07. The summed E-state index contributed by atoms with van der Waals surface area (Å²) in [6.45, 7) is 0.595. The summed E-state index contributed by atoms with van der Waals surface area (Å²) < 4.78 is 40.5. The molecule has 0 saturated carbocycles. The van der Waals surface area contributed by atoms with Crippen molar-refractivity contribution >= 4 is 11.0 Å². The quantitative estimate of drug-likeness (QED) is 0.458. The number of hydrogen-bond acceptors (Lipinski definition) is 1. The van der Waals surface area contributed by atoms with E-state index in [1.54, 1.807) is 0 Å². The Labute approximate surface area is 148 Å². The zero-order valence-electron chi connectivity index (χ0n) is 13.7. The summed E-state index contributed by atoms with van der Waals surface area (Å²) in [7, 11) is 0. The van der Waals surface area contributed by atoms with Gasteiger partial charge in [0.2, 0.25) is 0 Å². The van der Waals surface area contributed by atoms with Crippen LogP contribution in [0.2, 0.25) is 0 Å². The smallest absolute Gasteiger partial charge is 0.319 e. The molecule has 0 aliphatic rings. The maximum Gasteiger partial charge on any atom is 0.416 e. The van der Waals surface area contributed by atoms with Crippen LogP contribution >= 0.6 is 0 Å². The molecule has 0 aliphatic carbocycles. The average Bonchev–Trinajstić information content (AvgIpc) is 3.01. The third-order valence-corrected chi connectivity index (χ3v) is 4.31. The lowest BCUT2D eigenvalue weighted by Crippen LogP contribution is -2.05. The molecule has 0 fully saturated rings. The van der Waals surface area contributed by atoms with Crippen LogP contribution in [0.3, 0.4) is 0 Å². The molecule has 2 nitrogen and oxygen atoms in total. The number of fused-ring (bicyclic) bond motifs is 1. The van der Waals surface area contributed by atoms with E-state index in [2.05, 4.69) is 4.98 Å². The lowest BCUT2D eigenvalue weighted by molar-refractivity contribution is -0.137. The number of hydrogen-bond donors (Lipinski definition) is 0. The first-order valence-electron chi connectivity index (χ1n) is 8.19. The van der Waals surface area contributed by atoms with Gasteiger partial charge in [0.05, 0.1) is 16.6 Å². The van der Waals surface area contributed by atoms with Gasteiger partial charge in [0.25, 0.3) is 0 Å². The maximum absolute atomic E-state index is 12.8. The Balaban J connectivity index is 1.83. The zero-order chi connectivity index (χ0) is 18.1. The SMILES string of the molecule is FC(F)(F)c1ccc(-c2nc3ccccc3n2Cc2ccccc2)cc1. The Kier molecular flexibility index (Phi) is 3.99. The molecular weight excluding hydrogens is 337 g/mol. The van der Waals surface area contributed by atoms with Crippen molar-refractivity contribution in [2.24, 2.45) is 0 Å².